The minimum atomic E-state index is 0.289. The molecule has 1 amide bonds. The Morgan fingerprint density at radius 1 is 1.35 bits per heavy atom. The third-order valence-corrected chi connectivity index (χ3v) is 5.88. The highest BCUT2D eigenvalue weighted by Gasteiger charge is 2.37. The van der Waals surface area contributed by atoms with Crippen LogP contribution in [0.15, 0.2) is 6.07 Å². The van der Waals surface area contributed by atoms with Gasteiger partial charge in [-0.2, -0.15) is 0 Å². The van der Waals surface area contributed by atoms with Gasteiger partial charge in [0.15, 0.2) is 0 Å². The van der Waals surface area contributed by atoms with Crippen molar-refractivity contribution >= 4 is 40.4 Å². The van der Waals surface area contributed by atoms with Crippen LogP contribution in [-0.2, 0) is 11.2 Å². The molecule has 1 N–H and O–H groups in total. The summed E-state index contributed by atoms with van der Waals surface area (Å²) in [7, 11) is 0. The smallest absolute Gasteiger partial charge is 0.222 e. The number of nitrogens with zero attached hydrogens (tertiary/aromatic N) is 1. The zero-order valence-corrected chi connectivity index (χ0v) is 13.5. The molecule has 0 saturated carbocycles. The molecule has 3 rings (SSSR count). The summed E-state index contributed by atoms with van der Waals surface area (Å²) in [5.41, 5.74) is 1.07. The van der Waals surface area contributed by atoms with E-state index in [1.807, 2.05) is 11.0 Å². The van der Waals surface area contributed by atoms with E-state index in [1.54, 1.807) is 0 Å². The molecule has 20 heavy (non-hydrogen) atoms. The van der Waals surface area contributed by atoms with Crippen LogP contribution in [0.4, 0.5) is 0 Å². The molecule has 0 bridgehead atoms. The van der Waals surface area contributed by atoms with Gasteiger partial charge in [0, 0.05) is 32.6 Å². The number of carbonyl (C=O) groups excluding carboxylic acids is 1. The molecule has 0 spiro atoms. The van der Waals surface area contributed by atoms with E-state index >= 15 is 0 Å². The summed E-state index contributed by atoms with van der Waals surface area (Å²) in [5, 5.41) is 3.39. The fourth-order valence-corrected chi connectivity index (χ4v) is 4.74. The molecule has 0 radical (unpaired) electrons. The van der Waals surface area contributed by atoms with Crippen molar-refractivity contribution in [3.05, 3.63) is 20.3 Å². The number of aryl methyl sites for hydroxylation is 1. The molecule has 2 aliphatic heterocycles. The van der Waals surface area contributed by atoms with Gasteiger partial charge in [-0.1, -0.05) is 23.2 Å². The Morgan fingerprint density at radius 3 is 2.65 bits per heavy atom. The van der Waals surface area contributed by atoms with Crippen molar-refractivity contribution in [3.8, 4) is 0 Å². The first-order valence-electron chi connectivity index (χ1n) is 7.05. The fraction of sp³-hybridized carbons (Fsp3) is 0.643. The zero-order chi connectivity index (χ0) is 14.1. The van der Waals surface area contributed by atoms with E-state index in [0.717, 1.165) is 53.3 Å². The van der Waals surface area contributed by atoms with E-state index < -0.39 is 0 Å². The number of hydrogen-bond acceptors (Lipinski definition) is 3. The lowest BCUT2D eigenvalue weighted by molar-refractivity contribution is -0.130. The minimum Gasteiger partial charge on any atom is -0.342 e. The predicted octanol–water partition coefficient (Wildman–Crippen LogP) is 3.06. The monoisotopic (exact) mass is 332 g/mol. The zero-order valence-electron chi connectivity index (χ0n) is 11.2. The van der Waals surface area contributed by atoms with E-state index in [4.69, 9.17) is 23.2 Å². The summed E-state index contributed by atoms with van der Waals surface area (Å²) >= 11 is 13.4. The highest BCUT2D eigenvalue weighted by atomic mass is 35.5. The first-order chi connectivity index (χ1) is 9.63. The van der Waals surface area contributed by atoms with Crippen molar-refractivity contribution in [3.63, 3.8) is 0 Å². The fourth-order valence-electron chi connectivity index (χ4n) is 3.19. The molecule has 3 nitrogen and oxygen atoms in total. The van der Waals surface area contributed by atoms with Crippen molar-refractivity contribution in [2.24, 2.45) is 11.8 Å². The average Bonchev–Trinajstić information content (AvgIpc) is 3.04. The van der Waals surface area contributed by atoms with Crippen LogP contribution in [0, 0.1) is 11.8 Å². The van der Waals surface area contributed by atoms with Gasteiger partial charge in [0.2, 0.25) is 5.91 Å². The van der Waals surface area contributed by atoms with Gasteiger partial charge in [0.1, 0.15) is 0 Å². The number of carbonyl (C=O) groups is 1. The van der Waals surface area contributed by atoms with Gasteiger partial charge < -0.3 is 10.2 Å². The minimum absolute atomic E-state index is 0.289. The van der Waals surface area contributed by atoms with Gasteiger partial charge >= 0.3 is 0 Å². The van der Waals surface area contributed by atoms with Crippen LogP contribution in [0.1, 0.15) is 18.4 Å². The van der Waals surface area contributed by atoms with E-state index in [0.29, 0.717) is 18.3 Å². The van der Waals surface area contributed by atoms with Crippen LogP contribution in [0.2, 0.25) is 8.67 Å². The number of halogens is 2. The largest absolute Gasteiger partial charge is 0.342 e. The second-order valence-electron chi connectivity index (χ2n) is 5.68. The lowest BCUT2D eigenvalue weighted by Crippen LogP contribution is -2.31. The Balaban J connectivity index is 1.45. The summed E-state index contributed by atoms with van der Waals surface area (Å²) in [4.78, 5) is 14.2. The van der Waals surface area contributed by atoms with E-state index in [2.05, 4.69) is 5.32 Å². The first-order valence-corrected chi connectivity index (χ1v) is 8.63. The van der Waals surface area contributed by atoms with Gasteiger partial charge in [-0.25, -0.2) is 0 Å². The number of hydrogen-bond donors (Lipinski definition) is 1. The van der Waals surface area contributed by atoms with Crippen LogP contribution in [0.5, 0.6) is 0 Å². The lowest BCUT2D eigenvalue weighted by atomic mass is 10.0. The predicted molar refractivity (Wildman–Crippen MR) is 83.7 cm³/mol. The normalized spacial score (nSPS) is 25.2. The van der Waals surface area contributed by atoms with Crippen molar-refractivity contribution in [1.82, 2.24) is 10.2 Å². The first kappa shape index (κ1) is 14.6. The van der Waals surface area contributed by atoms with Gasteiger partial charge in [-0.15, -0.1) is 11.3 Å². The quantitative estimate of drug-likeness (QED) is 0.918. The maximum absolute atomic E-state index is 12.2. The van der Waals surface area contributed by atoms with E-state index in [-0.39, 0.29) is 5.91 Å². The highest BCUT2D eigenvalue weighted by molar-refractivity contribution is 7.20. The Bertz CT molecular complexity index is 493. The number of thiophene rings is 1. The van der Waals surface area contributed by atoms with Gasteiger partial charge in [0.25, 0.3) is 0 Å². The number of nitrogens with one attached hydrogen (secondary N) is 1. The maximum Gasteiger partial charge on any atom is 0.222 e. The molecule has 0 unspecified atom stereocenters. The van der Waals surface area contributed by atoms with Crippen LogP contribution in [0.3, 0.4) is 0 Å². The van der Waals surface area contributed by atoms with Crippen LogP contribution < -0.4 is 5.32 Å². The average molecular weight is 333 g/mol. The number of fused-ring (bicyclic) bond motifs is 1. The molecule has 1 aromatic rings. The maximum atomic E-state index is 12.2. The van der Waals surface area contributed by atoms with E-state index in [9.17, 15) is 4.79 Å². The third kappa shape index (κ3) is 3.14. The van der Waals surface area contributed by atoms with Crippen molar-refractivity contribution < 1.29 is 4.79 Å². The summed E-state index contributed by atoms with van der Waals surface area (Å²) < 4.78 is 1.47. The molecule has 2 fully saturated rings. The summed E-state index contributed by atoms with van der Waals surface area (Å²) in [6.07, 6.45) is 2.28. The van der Waals surface area contributed by atoms with Crippen molar-refractivity contribution in [2.75, 3.05) is 26.2 Å². The molecule has 2 atom stereocenters. The Kier molecular flexibility index (Phi) is 4.55. The summed E-state index contributed by atoms with van der Waals surface area (Å²) in [6.45, 7) is 4.00. The van der Waals surface area contributed by atoms with Crippen LogP contribution in [0.25, 0.3) is 0 Å². The molecule has 0 aromatic carbocycles. The summed E-state index contributed by atoms with van der Waals surface area (Å²) in [5.74, 6) is 1.63. The van der Waals surface area contributed by atoms with Gasteiger partial charge in [0.05, 0.1) is 8.67 Å². The second-order valence-corrected chi connectivity index (χ2v) is 7.97. The van der Waals surface area contributed by atoms with Crippen molar-refractivity contribution in [2.45, 2.75) is 19.3 Å². The van der Waals surface area contributed by atoms with Crippen LogP contribution in [-0.4, -0.2) is 37.0 Å². The van der Waals surface area contributed by atoms with Gasteiger partial charge in [-0.3, -0.25) is 4.79 Å². The van der Waals surface area contributed by atoms with Crippen LogP contribution >= 0.6 is 34.5 Å². The molecule has 110 valence electrons. The SMILES string of the molecule is O=C(CCCc1cc(Cl)sc1Cl)N1C[C@H]2CNC[C@H]2C1. The highest BCUT2D eigenvalue weighted by Crippen LogP contribution is 2.32. The number of amides is 1. The van der Waals surface area contributed by atoms with E-state index in [1.165, 1.54) is 11.3 Å². The molecular weight excluding hydrogens is 315 g/mol. The molecule has 6 heteroatoms. The Morgan fingerprint density at radius 2 is 2.05 bits per heavy atom. The Hall–Kier alpha value is -0.290. The molecule has 2 saturated heterocycles. The Labute approximate surface area is 133 Å². The number of rotatable bonds is 4. The topological polar surface area (TPSA) is 32.3 Å². The molecular formula is C14H18Cl2N2OS. The molecule has 0 aliphatic carbocycles. The standard InChI is InChI=1S/C14H18Cl2N2OS/c15-12-4-9(14(16)20-12)2-1-3-13(19)18-7-10-5-17-6-11(10)8-18/h4,10-11,17H,1-3,5-8H2/t10-,11+. The van der Waals surface area contributed by atoms with Crippen molar-refractivity contribution in [1.29, 1.82) is 0 Å². The van der Waals surface area contributed by atoms with Gasteiger partial charge in [-0.05, 0) is 36.3 Å². The number of likely N-dealkylation sites (tertiary alicyclic amines) is 1. The lowest BCUT2D eigenvalue weighted by Gasteiger charge is -2.17. The third-order valence-electron chi connectivity index (χ3n) is 4.31. The molecule has 3 heterocycles. The summed E-state index contributed by atoms with van der Waals surface area (Å²) in [6, 6.07) is 1.91. The molecule has 1 aromatic heterocycles. The second kappa shape index (κ2) is 6.22. The molecule has 2 aliphatic rings.